The van der Waals surface area contributed by atoms with Gasteiger partial charge in [0.05, 0.1) is 25.5 Å². The maximum Gasteiger partial charge on any atom is 0.158 e. The number of aromatic nitrogens is 2. The molecule has 9 nitrogen and oxygen atoms in total. The van der Waals surface area contributed by atoms with Crippen molar-refractivity contribution in [1.82, 2.24) is 20.0 Å². The molecule has 4 rings (SSSR count). The van der Waals surface area contributed by atoms with Gasteiger partial charge in [0.25, 0.3) is 0 Å². The largest absolute Gasteiger partial charge is 0.386 e. The van der Waals surface area contributed by atoms with Crippen molar-refractivity contribution in [2.24, 2.45) is 21.4 Å². The molecule has 0 unspecified atom stereocenters. The molecular weight excluding hydrogens is 394 g/mol. The third-order valence-corrected chi connectivity index (χ3v) is 5.87. The van der Waals surface area contributed by atoms with Crippen LogP contribution in [0.25, 0.3) is 0 Å². The Balaban J connectivity index is 1.49. The first-order valence-electron chi connectivity index (χ1n) is 10.8. The standard InChI is InChI=1S/C22H29N7O2/c1-2-19(28-11-13-31-14-12-28)8-7-17-15-24-27-26-22(17)29-10-4-5-18(16-29)21(30)20-6-3-9-23-25-20/h2-3,6-9,18,21,30H,1,4-5,10-16H2/b17-7+,19-8+/t18-,21-/m0/s1. The molecule has 4 heterocycles. The van der Waals surface area contributed by atoms with Crippen LogP contribution in [0.5, 0.6) is 0 Å². The number of likely N-dealkylation sites (tertiary alicyclic amines) is 1. The van der Waals surface area contributed by atoms with Crippen LogP contribution in [0.15, 0.2) is 69.8 Å². The van der Waals surface area contributed by atoms with E-state index in [0.29, 0.717) is 18.8 Å². The van der Waals surface area contributed by atoms with Gasteiger partial charge in [0, 0.05) is 49.6 Å². The Morgan fingerprint density at radius 3 is 2.94 bits per heavy atom. The summed E-state index contributed by atoms with van der Waals surface area (Å²) in [6.07, 6.45) is 8.86. The van der Waals surface area contributed by atoms with Crippen LogP contribution in [0, 0.1) is 5.92 Å². The second-order valence-electron chi connectivity index (χ2n) is 7.84. The lowest BCUT2D eigenvalue weighted by Gasteiger charge is -2.37. The highest BCUT2D eigenvalue weighted by Crippen LogP contribution is 2.30. The lowest BCUT2D eigenvalue weighted by atomic mass is 9.90. The van der Waals surface area contributed by atoms with Crippen LogP contribution in [-0.2, 0) is 4.74 Å². The van der Waals surface area contributed by atoms with E-state index in [1.165, 1.54) is 0 Å². The zero-order valence-corrected chi connectivity index (χ0v) is 17.7. The van der Waals surface area contributed by atoms with Crippen LogP contribution in [0.1, 0.15) is 24.6 Å². The van der Waals surface area contributed by atoms with Gasteiger partial charge < -0.3 is 19.6 Å². The summed E-state index contributed by atoms with van der Waals surface area (Å²) in [4.78, 5) is 4.47. The van der Waals surface area contributed by atoms with Gasteiger partial charge in [-0.2, -0.15) is 15.3 Å². The minimum Gasteiger partial charge on any atom is -0.386 e. The summed E-state index contributed by atoms with van der Waals surface area (Å²) >= 11 is 0. The molecule has 0 spiro atoms. The van der Waals surface area contributed by atoms with Crippen molar-refractivity contribution in [2.45, 2.75) is 18.9 Å². The molecule has 31 heavy (non-hydrogen) atoms. The number of aliphatic hydroxyl groups excluding tert-OH is 1. The molecular formula is C22H29N7O2. The van der Waals surface area contributed by atoms with E-state index in [1.807, 2.05) is 12.1 Å². The van der Waals surface area contributed by atoms with Gasteiger partial charge >= 0.3 is 0 Å². The lowest BCUT2D eigenvalue weighted by Crippen LogP contribution is -2.43. The van der Waals surface area contributed by atoms with Crippen molar-refractivity contribution in [3.05, 3.63) is 60.1 Å². The molecule has 9 heteroatoms. The van der Waals surface area contributed by atoms with Crippen molar-refractivity contribution in [3.63, 3.8) is 0 Å². The molecule has 2 fully saturated rings. The van der Waals surface area contributed by atoms with Gasteiger partial charge in [-0.3, -0.25) is 0 Å². The van der Waals surface area contributed by atoms with Crippen LogP contribution in [0.3, 0.4) is 0 Å². The van der Waals surface area contributed by atoms with E-state index in [9.17, 15) is 5.11 Å². The number of hydrogen-bond donors (Lipinski definition) is 1. The number of nitrogens with zero attached hydrogens (tertiary/aromatic N) is 7. The summed E-state index contributed by atoms with van der Waals surface area (Å²) in [5.41, 5.74) is 2.68. The first-order valence-corrected chi connectivity index (χ1v) is 10.8. The van der Waals surface area contributed by atoms with Gasteiger partial charge in [0.15, 0.2) is 5.84 Å². The number of rotatable bonds is 5. The fourth-order valence-electron chi connectivity index (χ4n) is 4.19. The van der Waals surface area contributed by atoms with E-state index in [0.717, 1.165) is 62.8 Å². The summed E-state index contributed by atoms with van der Waals surface area (Å²) in [6, 6.07) is 3.62. The quantitative estimate of drug-likeness (QED) is 0.730. The van der Waals surface area contributed by atoms with Gasteiger partial charge in [0.2, 0.25) is 0 Å². The first kappa shape index (κ1) is 21.3. The van der Waals surface area contributed by atoms with Crippen molar-refractivity contribution in [2.75, 3.05) is 45.9 Å². The molecule has 0 amide bonds. The monoisotopic (exact) mass is 423 g/mol. The molecule has 0 radical (unpaired) electrons. The van der Waals surface area contributed by atoms with Crippen LogP contribution in [0.4, 0.5) is 0 Å². The minimum atomic E-state index is -0.650. The molecule has 1 aromatic rings. The van der Waals surface area contributed by atoms with E-state index in [2.05, 4.69) is 54.2 Å². The Bertz CT molecular complexity index is 875. The Labute approximate surface area is 182 Å². The molecule has 2 atom stereocenters. The average molecular weight is 424 g/mol. The molecule has 1 N–H and O–H groups in total. The second kappa shape index (κ2) is 10.4. The van der Waals surface area contributed by atoms with Crippen molar-refractivity contribution in [3.8, 4) is 0 Å². The Morgan fingerprint density at radius 1 is 1.29 bits per heavy atom. The van der Waals surface area contributed by atoms with Crippen LogP contribution >= 0.6 is 0 Å². The van der Waals surface area contributed by atoms with Gasteiger partial charge in [0.1, 0.15) is 6.10 Å². The third kappa shape index (κ3) is 5.23. The fraction of sp³-hybridized carbons (Fsp3) is 0.500. The Hall–Kier alpha value is -2.91. The second-order valence-corrected chi connectivity index (χ2v) is 7.84. The van der Waals surface area contributed by atoms with Crippen LogP contribution in [-0.4, -0.2) is 76.9 Å². The van der Waals surface area contributed by atoms with E-state index in [-0.39, 0.29) is 5.92 Å². The summed E-state index contributed by atoms with van der Waals surface area (Å²) in [7, 11) is 0. The van der Waals surface area contributed by atoms with Gasteiger partial charge in [-0.05, 0) is 42.3 Å². The molecule has 0 bridgehead atoms. The summed E-state index contributed by atoms with van der Waals surface area (Å²) in [6.45, 7) is 9.18. The Morgan fingerprint density at radius 2 is 2.16 bits per heavy atom. The predicted molar refractivity (Wildman–Crippen MR) is 117 cm³/mol. The zero-order chi connectivity index (χ0) is 21.5. The summed E-state index contributed by atoms with van der Waals surface area (Å²) in [5, 5.41) is 31.2. The minimum absolute atomic E-state index is 0.0564. The van der Waals surface area contributed by atoms with E-state index in [4.69, 9.17) is 4.74 Å². The number of morpholine rings is 1. The number of ether oxygens (including phenoxy) is 1. The first-order chi connectivity index (χ1) is 15.3. The normalized spacial score (nSPS) is 24.8. The highest BCUT2D eigenvalue weighted by molar-refractivity contribution is 5.99. The number of allylic oxidation sites excluding steroid dienone is 3. The van der Waals surface area contributed by atoms with Gasteiger partial charge in [-0.15, -0.1) is 5.10 Å². The Kier molecular flexibility index (Phi) is 7.16. The molecule has 2 saturated heterocycles. The van der Waals surface area contributed by atoms with Crippen molar-refractivity contribution >= 4 is 5.84 Å². The lowest BCUT2D eigenvalue weighted by molar-refractivity contribution is 0.0554. The average Bonchev–Trinajstić information content (AvgIpc) is 2.85. The fourth-order valence-corrected chi connectivity index (χ4v) is 4.19. The van der Waals surface area contributed by atoms with Gasteiger partial charge in [-0.25, -0.2) is 0 Å². The molecule has 1 aromatic heterocycles. The smallest absolute Gasteiger partial charge is 0.158 e. The molecule has 3 aliphatic heterocycles. The summed E-state index contributed by atoms with van der Waals surface area (Å²) in [5.74, 6) is 0.883. The van der Waals surface area contributed by atoms with E-state index >= 15 is 0 Å². The van der Waals surface area contributed by atoms with E-state index in [1.54, 1.807) is 12.3 Å². The highest BCUT2D eigenvalue weighted by Gasteiger charge is 2.31. The number of aliphatic hydroxyl groups is 1. The maximum absolute atomic E-state index is 10.8. The van der Waals surface area contributed by atoms with Crippen molar-refractivity contribution in [1.29, 1.82) is 0 Å². The highest BCUT2D eigenvalue weighted by atomic mass is 16.5. The molecule has 3 aliphatic rings. The van der Waals surface area contributed by atoms with Crippen molar-refractivity contribution < 1.29 is 9.84 Å². The maximum atomic E-state index is 10.8. The SMILES string of the molecule is C=C/C(=C\C=C1/CN=NN=C1N1CCC[C@H]([C@H](O)c2cccnn2)C1)N1CCOCC1. The van der Waals surface area contributed by atoms with Crippen LogP contribution < -0.4 is 0 Å². The third-order valence-electron chi connectivity index (χ3n) is 5.87. The van der Waals surface area contributed by atoms with Crippen LogP contribution in [0.2, 0.25) is 0 Å². The summed E-state index contributed by atoms with van der Waals surface area (Å²) < 4.78 is 5.45. The number of piperidine rings is 1. The number of amidine groups is 1. The predicted octanol–water partition coefficient (Wildman–Crippen LogP) is 2.33. The van der Waals surface area contributed by atoms with Gasteiger partial charge in [-0.1, -0.05) is 12.7 Å². The zero-order valence-electron chi connectivity index (χ0n) is 17.7. The molecule has 0 aliphatic carbocycles. The molecule has 0 saturated carbocycles. The van der Waals surface area contributed by atoms with E-state index < -0.39 is 6.10 Å². The number of hydrogen-bond acceptors (Lipinski definition) is 9. The molecule has 0 aromatic carbocycles. The topological polar surface area (TPSA) is 98.8 Å². The molecule has 164 valence electrons.